The number of para-hydroxylation sites is 1. The lowest BCUT2D eigenvalue weighted by Gasteiger charge is -2.12. The number of rotatable bonds is 4. The van der Waals surface area contributed by atoms with Gasteiger partial charge in [-0.25, -0.2) is 9.97 Å². The molecule has 3 heterocycles. The first-order chi connectivity index (χ1) is 15.5. The zero-order valence-electron chi connectivity index (χ0n) is 17.0. The summed E-state index contributed by atoms with van der Waals surface area (Å²) in [7, 11) is 0. The van der Waals surface area contributed by atoms with Crippen LogP contribution < -0.4 is 10.9 Å². The summed E-state index contributed by atoms with van der Waals surface area (Å²) in [4.78, 5) is 35.3. The van der Waals surface area contributed by atoms with E-state index in [1.165, 1.54) is 15.9 Å². The van der Waals surface area contributed by atoms with Crippen molar-refractivity contribution in [3.63, 3.8) is 0 Å². The van der Waals surface area contributed by atoms with Crippen LogP contribution in [0.15, 0.2) is 71.7 Å². The third-order valence-electron chi connectivity index (χ3n) is 5.19. The molecule has 6 nitrogen and oxygen atoms in total. The van der Waals surface area contributed by atoms with Crippen LogP contribution in [-0.2, 0) is 6.54 Å². The summed E-state index contributed by atoms with van der Waals surface area (Å²) in [6.07, 6.45) is 1.63. The molecule has 1 amide bonds. The van der Waals surface area contributed by atoms with Crippen LogP contribution in [0.2, 0.25) is 5.02 Å². The molecule has 3 aromatic heterocycles. The number of fused-ring (bicyclic) bond motifs is 2. The van der Waals surface area contributed by atoms with Crippen LogP contribution in [0.5, 0.6) is 0 Å². The maximum Gasteiger partial charge on any atom is 0.265 e. The van der Waals surface area contributed by atoms with E-state index in [0.717, 1.165) is 21.3 Å². The van der Waals surface area contributed by atoms with E-state index < -0.39 is 11.5 Å². The molecule has 8 heteroatoms. The summed E-state index contributed by atoms with van der Waals surface area (Å²) in [6.45, 7) is 2.24. The van der Waals surface area contributed by atoms with Crippen LogP contribution in [0.3, 0.4) is 0 Å². The first-order valence-corrected chi connectivity index (χ1v) is 11.1. The van der Waals surface area contributed by atoms with Gasteiger partial charge in [-0.05, 0) is 54.4 Å². The normalized spacial score (nSPS) is 11.2. The minimum Gasteiger partial charge on any atom is -0.298 e. The van der Waals surface area contributed by atoms with Crippen LogP contribution in [0.25, 0.3) is 21.3 Å². The Kier molecular flexibility index (Phi) is 5.20. The first-order valence-electron chi connectivity index (χ1n) is 9.90. The predicted molar refractivity (Wildman–Crippen MR) is 129 cm³/mol. The zero-order chi connectivity index (χ0) is 22.2. The number of nitrogens with one attached hydrogen (secondary N) is 1. The average molecular weight is 461 g/mol. The smallest absolute Gasteiger partial charge is 0.265 e. The highest BCUT2D eigenvalue weighted by molar-refractivity contribution is 7.22. The van der Waals surface area contributed by atoms with Gasteiger partial charge in [0.25, 0.3) is 11.5 Å². The Morgan fingerprint density at radius 3 is 2.72 bits per heavy atom. The van der Waals surface area contributed by atoms with Crippen LogP contribution in [0, 0.1) is 6.92 Å². The van der Waals surface area contributed by atoms with Crippen molar-refractivity contribution >= 4 is 55.2 Å². The molecular formula is C24H17ClN4O2S. The Balaban J connectivity index is 1.56. The number of amides is 1. The number of pyridine rings is 2. The number of carbonyl (C=O) groups excluding carboxylic acids is 1. The molecular weight excluding hydrogens is 444 g/mol. The number of anilines is 1. The SMILES string of the molecule is Cc1cccc2sc(NC(=O)c3cc4cccnc4n(Cc4ccc(Cl)cc4)c3=O)nc12. The average Bonchev–Trinajstić information content (AvgIpc) is 3.20. The highest BCUT2D eigenvalue weighted by atomic mass is 35.5. The molecule has 1 N–H and O–H groups in total. The fourth-order valence-corrected chi connectivity index (χ4v) is 4.66. The van der Waals surface area contributed by atoms with Gasteiger partial charge in [0, 0.05) is 16.6 Å². The van der Waals surface area contributed by atoms with Crippen molar-refractivity contribution in [3.8, 4) is 0 Å². The molecule has 32 heavy (non-hydrogen) atoms. The summed E-state index contributed by atoms with van der Waals surface area (Å²) < 4.78 is 2.49. The monoisotopic (exact) mass is 460 g/mol. The van der Waals surface area contributed by atoms with Crippen LogP contribution in [0.1, 0.15) is 21.5 Å². The van der Waals surface area contributed by atoms with Crippen molar-refractivity contribution in [2.45, 2.75) is 13.5 Å². The van der Waals surface area contributed by atoms with Gasteiger partial charge >= 0.3 is 0 Å². The molecule has 0 aliphatic rings. The maximum atomic E-state index is 13.3. The van der Waals surface area contributed by atoms with Crippen LogP contribution >= 0.6 is 22.9 Å². The predicted octanol–water partition coefficient (Wildman–Crippen LogP) is 5.27. The molecule has 0 unspecified atom stereocenters. The van der Waals surface area contributed by atoms with Crippen molar-refractivity contribution in [2.75, 3.05) is 5.32 Å². The van der Waals surface area contributed by atoms with Crippen LogP contribution in [0.4, 0.5) is 5.13 Å². The molecule has 0 aliphatic carbocycles. The van der Waals surface area contributed by atoms with Crippen molar-refractivity contribution in [2.24, 2.45) is 0 Å². The summed E-state index contributed by atoms with van der Waals surface area (Å²) in [5.74, 6) is -0.498. The highest BCUT2D eigenvalue weighted by Gasteiger charge is 2.18. The van der Waals surface area contributed by atoms with E-state index in [9.17, 15) is 9.59 Å². The number of aromatic nitrogens is 3. The van der Waals surface area contributed by atoms with Gasteiger partial charge < -0.3 is 0 Å². The quantitative estimate of drug-likeness (QED) is 0.396. The Morgan fingerprint density at radius 1 is 1.12 bits per heavy atom. The Morgan fingerprint density at radius 2 is 1.94 bits per heavy atom. The topological polar surface area (TPSA) is 76.9 Å². The van der Waals surface area contributed by atoms with Gasteiger partial charge in [0.2, 0.25) is 0 Å². The van der Waals surface area contributed by atoms with E-state index in [-0.39, 0.29) is 12.1 Å². The Bertz CT molecular complexity index is 1540. The van der Waals surface area contributed by atoms with E-state index in [0.29, 0.717) is 21.2 Å². The van der Waals surface area contributed by atoms with Gasteiger partial charge in [-0.2, -0.15) is 0 Å². The molecule has 0 atom stereocenters. The van der Waals surface area contributed by atoms with Crippen molar-refractivity contribution in [3.05, 3.63) is 98.9 Å². The van der Waals surface area contributed by atoms with Crippen molar-refractivity contribution in [1.29, 1.82) is 0 Å². The summed E-state index contributed by atoms with van der Waals surface area (Å²) in [5, 5.41) is 4.56. The summed E-state index contributed by atoms with van der Waals surface area (Å²) in [5.41, 5.74) is 2.88. The largest absolute Gasteiger partial charge is 0.298 e. The minimum atomic E-state index is -0.498. The van der Waals surface area contributed by atoms with Gasteiger partial charge in [0.05, 0.1) is 16.8 Å². The number of aryl methyl sites for hydroxylation is 1. The molecule has 0 spiro atoms. The lowest BCUT2D eigenvalue weighted by Crippen LogP contribution is -2.30. The molecule has 5 rings (SSSR count). The fourth-order valence-electron chi connectivity index (χ4n) is 3.59. The number of halogens is 1. The van der Waals surface area contributed by atoms with E-state index in [4.69, 9.17) is 11.6 Å². The third-order valence-corrected chi connectivity index (χ3v) is 6.38. The molecule has 0 bridgehead atoms. The lowest BCUT2D eigenvalue weighted by atomic mass is 10.1. The number of thiazole rings is 1. The van der Waals surface area contributed by atoms with Gasteiger partial charge in [-0.1, -0.05) is 47.2 Å². The molecule has 158 valence electrons. The molecule has 5 aromatic rings. The van der Waals surface area contributed by atoms with Crippen LogP contribution in [-0.4, -0.2) is 20.4 Å². The number of nitrogens with zero attached hydrogens (tertiary/aromatic N) is 3. The molecule has 0 aliphatic heterocycles. The second kappa shape index (κ2) is 8.18. The molecule has 0 saturated heterocycles. The van der Waals surface area contributed by atoms with Gasteiger partial charge in [0.15, 0.2) is 5.13 Å². The number of hydrogen-bond donors (Lipinski definition) is 1. The third kappa shape index (κ3) is 3.77. The van der Waals surface area contributed by atoms with E-state index in [2.05, 4.69) is 15.3 Å². The number of carbonyl (C=O) groups is 1. The fraction of sp³-hybridized carbons (Fsp3) is 0.0833. The Hall–Kier alpha value is -3.55. The van der Waals surface area contributed by atoms with E-state index in [1.54, 1.807) is 30.5 Å². The van der Waals surface area contributed by atoms with Gasteiger partial charge in [0.1, 0.15) is 11.2 Å². The van der Waals surface area contributed by atoms with Crippen molar-refractivity contribution < 1.29 is 4.79 Å². The molecule has 2 aromatic carbocycles. The highest BCUT2D eigenvalue weighted by Crippen LogP contribution is 2.28. The molecule has 0 radical (unpaired) electrons. The van der Waals surface area contributed by atoms with Crippen molar-refractivity contribution in [1.82, 2.24) is 14.5 Å². The summed E-state index contributed by atoms with van der Waals surface area (Å²) >= 11 is 7.36. The number of hydrogen-bond acceptors (Lipinski definition) is 5. The minimum absolute atomic E-state index is 0.0374. The number of benzene rings is 2. The molecule has 0 saturated carbocycles. The standard InChI is InChI=1S/C24H17ClN4O2S/c1-14-4-2-6-19-20(14)27-24(32-19)28-22(30)18-12-16-5-3-11-26-21(16)29(23(18)31)13-15-7-9-17(25)10-8-15/h2-12H,13H2,1H3,(H,27,28,30). The lowest BCUT2D eigenvalue weighted by molar-refractivity contribution is 0.102. The second-order valence-electron chi connectivity index (χ2n) is 7.39. The maximum absolute atomic E-state index is 13.3. The molecule has 0 fully saturated rings. The van der Waals surface area contributed by atoms with Gasteiger partial charge in [-0.15, -0.1) is 0 Å². The van der Waals surface area contributed by atoms with E-state index >= 15 is 0 Å². The van der Waals surface area contributed by atoms with Gasteiger partial charge in [-0.3, -0.25) is 19.5 Å². The first kappa shape index (κ1) is 20.4. The van der Waals surface area contributed by atoms with E-state index in [1.807, 2.05) is 43.3 Å². The second-order valence-corrected chi connectivity index (χ2v) is 8.85. The zero-order valence-corrected chi connectivity index (χ0v) is 18.6. The summed E-state index contributed by atoms with van der Waals surface area (Å²) in [6, 6.07) is 18.3. The Labute approximate surface area is 192 Å².